The van der Waals surface area contributed by atoms with E-state index in [0.717, 1.165) is 0 Å². The second-order valence-corrected chi connectivity index (χ2v) is 3.50. The molecule has 1 amide bonds. The number of halogens is 5. The highest BCUT2D eigenvalue weighted by molar-refractivity contribution is 6.14. The molecular weight excluding hydrogens is 259 g/mol. The van der Waals surface area contributed by atoms with Crippen LogP contribution >= 0.6 is 0 Å². The fourth-order valence-corrected chi connectivity index (χ4v) is 1.44. The number of hydrazone groups is 1. The molecule has 3 nitrogen and oxygen atoms in total. The summed E-state index contributed by atoms with van der Waals surface area (Å²) in [6.07, 6.45) is -3.58. The first-order valence-corrected chi connectivity index (χ1v) is 4.73. The van der Waals surface area contributed by atoms with Gasteiger partial charge < -0.3 is 0 Å². The Bertz CT molecular complexity index is 520. The number of carbonyl (C=O) groups excluding carboxylic acids is 1. The summed E-state index contributed by atoms with van der Waals surface area (Å²) in [7, 11) is 0. The Balaban J connectivity index is 2.41. The van der Waals surface area contributed by atoms with Gasteiger partial charge in [0.25, 0.3) is 12.3 Å². The van der Waals surface area contributed by atoms with E-state index in [0.29, 0.717) is 17.1 Å². The van der Waals surface area contributed by atoms with E-state index in [4.69, 9.17) is 0 Å². The number of alkyl halides is 2. The maximum atomic E-state index is 12.9. The van der Waals surface area contributed by atoms with E-state index in [1.54, 1.807) is 0 Å². The van der Waals surface area contributed by atoms with Crippen LogP contribution in [0.4, 0.5) is 27.6 Å². The van der Waals surface area contributed by atoms with Gasteiger partial charge in [-0.3, -0.25) is 4.79 Å². The molecule has 1 aromatic carbocycles. The fourth-order valence-electron chi connectivity index (χ4n) is 1.44. The smallest absolute Gasteiger partial charge is 0.272 e. The van der Waals surface area contributed by atoms with E-state index in [9.17, 15) is 26.7 Å². The molecule has 1 aromatic rings. The minimum Gasteiger partial charge on any atom is -0.272 e. The summed E-state index contributed by atoms with van der Waals surface area (Å²) in [5, 5.41) is 3.67. The molecule has 0 saturated heterocycles. The Labute approximate surface area is 97.5 Å². The fraction of sp³-hybridized carbons (Fsp3) is 0.200. The van der Waals surface area contributed by atoms with Crippen LogP contribution in [0.5, 0.6) is 0 Å². The zero-order valence-electron chi connectivity index (χ0n) is 8.63. The molecule has 0 N–H and O–H groups in total. The van der Waals surface area contributed by atoms with Crippen molar-refractivity contribution in [1.29, 1.82) is 0 Å². The minimum atomic E-state index is -2.94. The monoisotopic (exact) mass is 264 g/mol. The highest BCUT2D eigenvalue weighted by atomic mass is 19.3. The van der Waals surface area contributed by atoms with Crippen LogP contribution in [-0.2, 0) is 4.79 Å². The summed E-state index contributed by atoms with van der Waals surface area (Å²) in [6, 6.07) is 1.02. The van der Waals surface area contributed by atoms with Gasteiger partial charge in [-0.1, -0.05) is 0 Å². The number of carbonyl (C=O) groups is 1. The van der Waals surface area contributed by atoms with Gasteiger partial charge in [0.2, 0.25) is 0 Å². The van der Waals surface area contributed by atoms with Crippen LogP contribution in [0.15, 0.2) is 17.2 Å². The van der Waals surface area contributed by atoms with Crippen molar-refractivity contribution < 1.29 is 26.7 Å². The first-order valence-electron chi connectivity index (χ1n) is 4.73. The molecule has 0 radical (unpaired) electrons. The summed E-state index contributed by atoms with van der Waals surface area (Å²) in [5.41, 5.74) is -1.14. The second kappa shape index (κ2) is 4.35. The summed E-state index contributed by atoms with van der Waals surface area (Å²) < 4.78 is 63.2. The van der Waals surface area contributed by atoms with Gasteiger partial charge in [0.15, 0.2) is 17.5 Å². The Kier molecular flexibility index (Phi) is 3.02. The first-order chi connectivity index (χ1) is 8.40. The lowest BCUT2D eigenvalue weighted by atomic mass is 10.2. The zero-order chi connectivity index (χ0) is 13.4. The molecule has 1 aliphatic heterocycles. The number of anilines is 1. The molecule has 1 aliphatic rings. The predicted octanol–water partition coefficient (Wildman–Crippen LogP) is 2.46. The first kappa shape index (κ1) is 12.5. The molecule has 2 rings (SSSR count). The van der Waals surface area contributed by atoms with E-state index < -0.39 is 47.6 Å². The average Bonchev–Trinajstić information content (AvgIpc) is 2.68. The number of hydrogen-bond donors (Lipinski definition) is 0. The highest BCUT2D eigenvalue weighted by Gasteiger charge is 2.31. The average molecular weight is 264 g/mol. The number of benzene rings is 1. The van der Waals surface area contributed by atoms with E-state index in [2.05, 4.69) is 5.10 Å². The van der Waals surface area contributed by atoms with Gasteiger partial charge in [0.1, 0.15) is 5.71 Å². The molecule has 96 valence electrons. The third kappa shape index (κ3) is 2.05. The van der Waals surface area contributed by atoms with Crippen LogP contribution in [0.2, 0.25) is 0 Å². The van der Waals surface area contributed by atoms with Gasteiger partial charge in [-0.05, 0) is 0 Å². The standard InChI is InChI=1S/C10H5F5N2O/c11-5-1-4(2-6(12)9(5)13)17-8(18)3-7(16-17)10(14)15/h1-2,10H,3H2. The molecule has 0 aromatic heterocycles. The molecule has 8 heteroatoms. The van der Waals surface area contributed by atoms with Crippen molar-refractivity contribution in [2.75, 3.05) is 5.01 Å². The largest absolute Gasteiger partial charge is 0.278 e. The van der Waals surface area contributed by atoms with Crippen molar-refractivity contribution in [2.45, 2.75) is 12.8 Å². The van der Waals surface area contributed by atoms with Gasteiger partial charge in [-0.2, -0.15) is 5.10 Å². The molecule has 0 unspecified atom stereocenters. The minimum absolute atomic E-state index is 0.424. The molecule has 0 spiro atoms. The van der Waals surface area contributed by atoms with Crippen molar-refractivity contribution in [3.63, 3.8) is 0 Å². The summed E-state index contributed by atoms with van der Waals surface area (Å²) >= 11 is 0. The maximum absolute atomic E-state index is 12.9. The SMILES string of the molecule is O=C1CC(C(F)F)=NN1c1cc(F)c(F)c(F)c1. The number of nitrogens with zero attached hydrogens (tertiary/aromatic N) is 2. The molecule has 0 aliphatic carbocycles. The van der Waals surface area contributed by atoms with Crippen LogP contribution in [0.25, 0.3) is 0 Å². The predicted molar refractivity (Wildman–Crippen MR) is 51.9 cm³/mol. The molecule has 0 saturated carbocycles. The lowest BCUT2D eigenvalue weighted by Gasteiger charge is -2.11. The Morgan fingerprint density at radius 2 is 1.72 bits per heavy atom. The summed E-state index contributed by atoms with van der Waals surface area (Å²) in [4.78, 5) is 11.3. The third-order valence-electron chi connectivity index (χ3n) is 2.26. The summed E-state index contributed by atoms with van der Waals surface area (Å²) in [5.74, 6) is -5.63. The molecule has 1 heterocycles. The summed E-state index contributed by atoms with van der Waals surface area (Å²) in [6.45, 7) is 0. The van der Waals surface area contributed by atoms with Crippen LogP contribution in [0.1, 0.15) is 6.42 Å². The molecule has 18 heavy (non-hydrogen) atoms. The van der Waals surface area contributed by atoms with Crippen LogP contribution in [-0.4, -0.2) is 18.0 Å². The van der Waals surface area contributed by atoms with Gasteiger partial charge in [0.05, 0.1) is 12.1 Å². The van der Waals surface area contributed by atoms with E-state index in [1.807, 2.05) is 0 Å². The second-order valence-electron chi connectivity index (χ2n) is 3.50. The third-order valence-corrected chi connectivity index (χ3v) is 2.26. The molecule has 0 atom stereocenters. The number of amides is 1. The number of rotatable bonds is 2. The lowest BCUT2D eigenvalue weighted by molar-refractivity contribution is -0.117. The topological polar surface area (TPSA) is 32.7 Å². The van der Waals surface area contributed by atoms with Gasteiger partial charge >= 0.3 is 0 Å². The maximum Gasteiger partial charge on any atom is 0.278 e. The van der Waals surface area contributed by atoms with Crippen molar-refractivity contribution in [3.8, 4) is 0 Å². The Hall–Kier alpha value is -1.99. The number of hydrogen-bond acceptors (Lipinski definition) is 2. The van der Waals surface area contributed by atoms with E-state index in [1.165, 1.54) is 0 Å². The van der Waals surface area contributed by atoms with Gasteiger partial charge in [-0.15, -0.1) is 0 Å². The molecular formula is C10H5F5N2O. The van der Waals surface area contributed by atoms with Crippen LogP contribution in [0, 0.1) is 17.5 Å². The van der Waals surface area contributed by atoms with Crippen molar-refractivity contribution in [3.05, 3.63) is 29.6 Å². The highest BCUT2D eigenvalue weighted by Crippen LogP contribution is 2.25. The normalized spacial score (nSPS) is 15.6. The van der Waals surface area contributed by atoms with E-state index in [-0.39, 0.29) is 0 Å². The van der Waals surface area contributed by atoms with Gasteiger partial charge in [0, 0.05) is 12.1 Å². The molecule has 0 bridgehead atoms. The Morgan fingerprint density at radius 1 is 1.17 bits per heavy atom. The van der Waals surface area contributed by atoms with Crippen LogP contribution in [0.3, 0.4) is 0 Å². The van der Waals surface area contributed by atoms with E-state index >= 15 is 0 Å². The van der Waals surface area contributed by atoms with Crippen LogP contribution < -0.4 is 5.01 Å². The van der Waals surface area contributed by atoms with Crippen molar-refractivity contribution in [2.24, 2.45) is 5.10 Å². The van der Waals surface area contributed by atoms with Crippen molar-refractivity contribution in [1.82, 2.24) is 0 Å². The quantitative estimate of drug-likeness (QED) is 0.596. The van der Waals surface area contributed by atoms with Gasteiger partial charge in [-0.25, -0.2) is 27.0 Å². The zero-order valence-corrected chi connectivity index (χ0v) is 8.63. The molecule has 0 fully saturated rings. The lowest BCUT2D eigenvalue weighted by Crippen LogP contribution is -2.20. The Morgan fingerprint density at radius 3 is 2.17 bits per heavy atom. The van der Waals surface area contributed by atoms with Crippen molar-refractivity contribution >= 4 is 17.3 Å².